The van der Waals surface area contributed by atoms with Gasteiger partial charge in [-0.05, 0) is 67.6 Å². The van der Waals surface area contributed by atoms with Gasteiger partial charge in [-0.15, -0.1) is 0 Å². The number of hydrogen-bond acceptors (Lipinski definition) is 3. The number of nitrogens with one attached hydrogen (secondary N) is 1. The summed E-state index contributed by atoms with van der Waals surface area (Å²) in [4.78, 5) is 11.9. The molecule has 1 N–H and O–H groups in total. The van der Waals surface area contributed by atoms with E-state index in [2.05, 4.69) is 81.3 Å². The lowest BCUT2D eigenvalue weighted by Crippen LogP contribution is -2.20. The third kappa shape index (κ3) is 8.00. The summed E-state index contributed by atoms with van der Waals surface area (Å²) in [7, 11) is -1.04. The van der Waals surface area contributed by atoms with E-state index in [1.807, 2.05) is 0 Å². The zero-order valence-corrected chi connectivity index (χ0v) is 18.4. The number of ether oxygens (including phenoxy) is 1. The van der Waals surface area contributed by atoms with Crippen molar-refractivity contribution in [1.29, 1.82) is 0 Å². The smallest absolute Gasteiger partial charge is 0.306 e. The molecule has 27 heavy (non-hydrogen) atoms. The van der Waals surface area contributed by atoms with E-state index in [-0.39, 0.29) is 5.97 Å². The fourth-order valence-corrected chi connectivity index (χ4v) is 4.05. The maximum Gasteiger partial charge on any atom is 0.306 e. The van der Waals surface area contributed by atoms with E-state index in [4.69, 9.17) is 4.74 Å². The summed E-state index contributed by atoms with van der Waals surface area (Å²) < 4.78 is 5.35. The Hall–Kier alpha value is -2.07. The monoisotopic (exact) mass is 383 g/mol. The van der Waals surface area contributed by atoms with Crippen molar-refractivity contribution in [3.05, 3.63) is 59.2 Å². The fourth-order valence-electron chi connectivity index (χ4n) is 2.85. The highest BCUT2D eigenvalue weighted by Crippen LogP contribution is 2.20. The molecular weight excluding hydrogens is 350 g/mol. The molecule has 146 valence electrons. The van der Waals surface area contributed by atoms with Crippen LogP contribution in [-0.4, -0.2) is 20.7 Å². The van der Waals surface area contributed by atoms with Crippen molar-refractivity contribution in [2.24, 2.45) is 0 Å². The third-order valence-corrected chi connectivity index (χ3v) is 6.56. The summed E-state index contributed by atoms with van der Waals surface area (Å²) in [5.74, 6) is -0.0945. The molecule has 2 aromatic rings. The lowest BCUT2D eigenvalue weighted by molar-refractivity contribution is -0.143. The van der Waals surface area contributed by atoms with Crippen LogP contribution >= 0.6 is 0 Å². The molecule has 0 amide bonds. The quantitative estimate of drug-likeness (QED) is 0.316. The fraction of sp³-hybridized carbons (Fsp3) is 0.435. The molecule has 4 heteroatoms. The normalized spacial score (nSPS) is 11.3. The number of anilines is 2. The highest BCUT2D eigenvalue weighted by atomic mass is 28.3. The zero-order chi connectivity index (χ0) is 19.9. The first kappa shape index (κ1) is 21.2. The van der Waals surface area contributed by atoms with E-state index in [0.29, 0.717) is 13.0 Å². The second kappa shape index (κ2) is 9.74. The first-order valence-electron chi connectivity index (χ1n) is 9.82. The van der Waals surface area contributed by atoms with E-state index < -0.39 is 8.07 Å². The molecule has 0 aliphatic rings. The van der Waals surface area contributed by atoms with Crippen LogP contribution in [0.4, 0.5) is 11.4 Å². The largest absolute Gasteiger partial charge is 0.466 e. The van der Waals surface area contributed by atoms with Crippen LogP contribution in [0.3, 0.4) is 0 Å². The minimum Gasteiger partial charge on any atom is -0.466 e. The standard InChI is InChI=1S/C23H33NO2Si/c1-18-7-11-22(17-19(18)2)24-21-12-8-20(9-13-21)10-14-23(25)26-15-6-16-27(3,4)5/h7-9,11-13,17,24H,6,10,14-16H2,1-5H3. The van der Waals surface area contributed by atoms with Crippen molar-refractivity contribution in [1.82, 2.24) is 0 Å². The Kier molecular flexibility index (Phi) is 7.66. The highest BCUT2D eigenvalue weighted by Gasteiger charge is 2.12. The molecule has 0 unspecified atom stereocenters. The molecule has 0 aliphatic heterocycles. The maximum atomic E-state index is 11.9. The average molecular weight is 384 g/mol. The molecule has 0 fully saturated rings. The van der Waals surface area contributed by atoms with Gasteiger partial charge in [-0.1, -0.05) is 43.9 Å². The molecule has 0 saturated heterocycles. The highest BCUT2D eigenvalue weighted by molar-refractivity contribution is 6.76. The summed E-state index contributed by atoms with van der Waals surface area (Å²) in [6.07, 6.45) is 2.15. The first-order chi connectivity index (χ1) is 12.7. The van der Waals surface area contributed by atoms with Gasteiger partial charge in [0.25, 0.3) is 0 Å². The van der Waals surface area contributed by atoms with Crippen LogP contribution in [0.2, 0.25) is 25.7 Å². The van der Waals surface area contributed by atoms with Crippen LogP contribution in [0.15, 0.2) is 42.5 Å². The van der Waals surface area contributed by atoms with Gasteiger partial charge < -0.3 is 10.1 Å². The number of rotatable bonds is 9. The molecule has 0 saturated carbocycles. The Bertz CT molecular complexity index is 748. The van der Waals surface area contributed by atoms with Crippen LogP contribution in [0.5, 0.6) is 0 Å². The van der Waals surface area contributed by atoms with Gasteiger partial charge in [-0.3, -0.25) is 4.79 Å². The Morgan fingerprint density at radius 2 is 1.63 bits per heavy atom. The molecule has 2 rings (SSSR count). The second-order valence-corrected chi connectivity index (χ2v) is 14.1. The minimum atomic E-state index is -1.04. The Morgan fingerprint density at radius 1 is 0.963 bits per heavy atom. The summed E-state index contributed by atoms with van der Waals surface area (Å²) in [5, 5.41) is 3.42. The Labute approximate surface area is 165 Å². The lowest BCUT2D eigenvalue weighted by atomic mass is 10.1. The van der Waals surface area contributed by atoms with Crippen LogP contribution in [0, 0.1) is 13.8 Å². The van der Waals surface area contributed by atoms with E-state index in [9.17, 15) is 4.79 Å². The van der Waals surface area contributed by atoms with Crippen LogP contribution in [0.1, 0.15) is 29.5 Å². The number of carbonyl (C=O) groups excluding carboxylic acids is 1. The second-order valence-electron chi connectivity index (χ2n) is 8.51. The van der Waals surface area contributed by atoms with Crippen molar-refractivity contribution in [3.8, 4) is 0 Å². The van der Waals surface area contributed by atoms with Crippen LogP contribution < -0.4 is 5.32 Å². The first-order valence-corrected chi connectivity index (χ1v) is 13.5. The molecule has 0 atom stereocenters. The summed E-state index contributed by atoms with van der Waals surface area (Å²) in [6, 6.07) is 15.8. The maximum absolute atomic E-state index is 11.9. The summed E-state index contributed by atoms with van der Waals surface area (Å²) in [6.45, 7) is 11.8. The molecule has 0 radical (unpaired) electrons. The van der Waals surface area contributed by atoms with Gasteiger partial charge in [0.15, 0.2) is 0 Å². The SMILES string of the molecule is Cc1ccc(Nc2ccc(CCC(=O)OCCC[Si](C)(C)C)cc2)cc1C. The van der Waals surface area contributed by atoms with Gasteiger partial charge in [-0.25, -0.2) is 0 Å². The predicted molar refractivity (Wildman–Crippen MR) is 118 cm³/mol. The van der Waals surface area contributed by atoms with Crippen molar-refractivity contribution >= 4 is 25.4 Å². The summed E-state index contributed by atoms with van der Waals surface area (Å²) >= 11 is 0. The van der Waals surface area contributed by atoms with Gasteiger partial charge >= 0.3 is 5.97 Å². The van der Waals surface area contributed by atoms with E-state index in [1.54, 1.807) is 0 Å². The van der Waals surface area contributed by atoms with Gasteiger partial charge in [0, 0.05) is 25.9 Å². The summed E-state index contributed by atoms with van der Waals surface area (Å²) in [5.41, 5.74) is 5.87. The van der Waals surface area contributed by atoms with Crippen molar-refractivity contribution in [2.45, 2.75) is 58.8 Å². The molecule has 0 aromatic heterocycles. The molecule has 2 aromatic carbocycles. The van der Waals surface area contributed by atoms with E-state index >= 15 is 0 Å². The van der Waals surface area contributed by atoms with Crippen molar-refractivity contribution in [2.75, 3.05) is 11.9 Å². The number of hydrogen-bond donors (Lipinski definition) is 1. The van der Waals surface area contributed by atoms with E-state index in [0.717, 1.165) is 29.8 Å². The van der Waals surface area contributed by atoms with Gasteiger partial charge in [0.05, 0.1) is 6.61 Å². The Morgan fingerprint density at radius 3 is 2.26 bits per heavy atom. The predicted octanol–water partition coefficient (Wildman–Crippen LogP) is 6.25. The van der Waals surface area contributed by atoms with Gasteiger partial charge in [-0.2, -0.15) is 0 Å². The minimum absolute atomic E-state index is 0.0945. The molecule has 0 spiro atoms. The number of aryl methyl sites for hydroxylation is 3. The Balaban J connectivity index is 1.75. The van der Waals surface area contributed by atoms with Gasteiger partial charge in [0.2, 0.25) is 0 Å². The number of carbonyl (C=O) groups is 1. The molecular formula is C23H33NO2Si. The van der Waals surface area contributed by atoms with Crippen LogP contribution in [0.25, 0.3) is 0 Å². The number of esters is 1. The molecule has 0 aliphatic carbocycles. The molecule has 3 nitrogen and oxygen atoms in total. The molecule has 0 bridgehead atoms. The van der Waals surface area contributed by atoms with E-state index in [1.165, 1.54) is 17.2 Å². The van der Waals surface area contributed by atoms with Gasteiger partial charge in [0.1, 0.15) is 0 Å². The van der Waals surface area contributed by atoms with Crippen molar-refractivity contribution in [3.63, 3.8) is 0 Å². The van der Waals surface area contributed by atoms with Crippen LogP contribution in [-0.2, 0) is 16.0 Å². The topological polar surface area (TPSA) is 38.3 Å². The zero-order valence-electron chi connectivity index (χ0n) is 17.4. The average Bonchev–Trinajstić information content (AvgIpc) is 2.60. The lowest BCUT2D eigenvalue weighted by Gasteiger charge is -2.15. The number of benzene rings is 2. The van der Waals surface area contributed by atoms with Crippen molar-refractivity contribution < 1.29 is 9.53 Å². The molecule has 0 heterocycles. The third-order valence-electron chi connectivity index (χ3n) is 4.70.